The summed E-state index contributed by atoms with van der Waals surface area (Å²) in [7, 11) is 1.57. The Balaban J connectivity index is 2.01. The molecular weight excluding hydrogens is 421 g/mol. The highest BCUT2D eigenvalue weighted by Gasteiger charge is 2.22. The van der Waals surface area contributed by atoms with Crippen LogP contribution in [0.25, 0.3) is 0 Å². The highest BCUT2D eigenvalue weighted by atomic mass is 127. The summed E-state index contributed by atoms with van der Waals surface area (Å²) in [5.74, 6) is -1.36. The van der Waals surface area contributed by atoms with E-state index in [1.165, 1.54) is 0 Å². The molecule has 0 aromatic heterocycles. The molecule has 1 amide bonds. The molecule has 24 heavy (non-hydrogen) atoms. The molecule has 0 saturated heterocycles. The molecule has 0 spiro atoms. The number of halogens is 1. The predicted octanol–water partition coefficient (Wildman–Crippen LogP) is 3.57. The first-order chi connectivity index (χ1) is 11.5. The molecule has 126 valence electrons. The second kappa shape index (κ2) is 8.68. The number of para-hydroxylation sites is 1. The average molecular weight is 439 g/mol. The quantitative estimate of drug-likeness (QED) is 0.647. The lowest BCUT2D eigenvalue weighted by molar-refractivity contribution is -0.143. The van der Waals surface area contributed by atoms with E-state index in [0.29, 0.717) is 17.9 Å². The maximum atomic E-state index is 12.2. The normalized spacial score (nSPS) is 11.6. The summed E-state index contributed by atoms with van der Waals surface area (Å²) in [6.07, 6.45) is 0.213. The third kappa shape index (κ3) is 5.23. The highest BCUT2D eigenvalue weighted by molar-refractivity contribution is 14.1. The molecule has 1 unspecified atom stereocenters. The van der Waals surface area contributed by atoms with E-state index in [2.05, 4.69) is 27.9 Å². The van der Waals surface area contributed by atoms with Crippen LogP contribution in [0, 0.1) is 9.49 Å². The van der Waals surface area contributed by atoms with Gasteiger partial charge < -0.3 is 15.2 Å². The van der Waals surface area contributed by atoms with Gasteiger partial charge in [0.15, 0.2) is 0 Å². The fourth-order valence-corrected chi connectivity index (χ4v) is 2.80. The Kier molecular flexibility index (Phi) is 6.60. The van der Waals surface area contributed by atoms with Crippen LogP contribution in [-0.2, 0) is 16.0 Å². The van der Waals surface area contributed by atoms with Gasteiger partial charge in [-0.25, -0.2) is 0 Å². The number of amides is 1. The van der Waals surface area contributed by atoms with Crippen LogP contribution in [0.15, 0.2) is 48.5 Å². The van der Waals surface area contributed by atoms with Crippen LogP contribution in [0.5, 0.6) is 5.75 Å². The molecule has 2 aromatic rings. The predicted molar refractivity (Wildman–Crippen MR) is 100 cm³/mol. The molecule has 0 radical (unpaired) electrons. The highest BCUT2D eigenvalue weighted by Crippen LogP contribution is 2.20. The van der Waals surface area contributed by atoms with Gasteiger partial charge in [0.2, 0.25) is 5.91 Å². The monoisotopic (exact) mass is 439 g/mol. The van der Waals surface area contributed by atoms with Crippen molar-refractivity contribution in [2.45, 2.75) is 12.8 Å². The van der Waals surface area contributed by atoms with Gasteiger partial charge in [-0.2, -0.15) is 0 Å². The van der Waals surface area contributed by atoms with Crippen molar-refractivity contribution >= 4 is 40.2 Å². The topological polar surface area (TPSA) is 75.6 Å². The van der Waals surface area contributed by atoms with Crippen molar-refractivity contribution in [3.8, 4) is 5.75 Å². The van der Waals surface area contributed by atoms with Crippen molar-refractivity contribution < 1.29 is 19.4 Å². The lowest BCUT2D eigenvalue weighted by atomic mass is 9.96. The Morgan fingerprint density at radius 1 is 1.17 bits per heavy atom. The van der Waals surface area contributed by atoms with Gasteiger partial charge in [-0.1, -0.05) is 24.3 Å². The SMILES string of the molecule is COc1ccc(CC(CC(=O)Nc2ccccc2I)C(=O)O)cc1. The number of nitrogens with one attached hydrogen (secondary N) is 1. The van der Waals surface area contributed by atoms with Gasteiger partial charge in [-0.15, -0.1) is 0 Å². The second-order valence-electron chi connectivity index (χ2n) is 5.32. The van der Waals surface area contributed by atoms with Gasteiger partial charge in [0.25, 0.3) is 0 Å². The van der Waals surface area contributed by atoms with Crippen LogP contribution in [-0.4, -0.2) is 24.1 Å². The number of rotatable bonds is 7. The van der Waals surface area contributed by atoms with Crippen molar-refractivity contribution in [3.63, 3.8) is 0 Å². The third-order valence-corrected chi connectivity index (χ3v) is 4.51. The van der Waals surface area contributed by atoms with E-state index in [0.717, 1.165) is 9.13 Å². The van der Waals surface area contributed by atoms with Gasteiger partial charge >= 0.3 is 5.97 Å². The van der Waals surface area contributed by atoms with E-state index in [4.69, 9.17) is 4.74 Å². The first-order valence-electron chi connectivity index (χ1n) is 7.39. The summed E-state index contributed by atoms with van der Waals surface area (Å²) in [4.78, 5) is 23.6. The molecule has 0 aliphatic heterocycles. The molecule has 2 rings (SSSR count). The van der Waals surface area contributed by atoms with Crippen LogP contribution in [0.4, 0.5) is 5.69 Å². The summed E-state index contributed by atoms with van der Waals surface area (Å²) in [5.41, 5.74) is 1.54. The summed E-state index contributed by atoms with van der Waals surface area (Å²) in [5, 5.41) is 12.2. The molecular formula is C18H18INO4. The summed E-state index contributed by atoms with van der Waals surface area (Å²) in [6, 6.07) is 14.5. The van der Waals surface area contributed by atoms with E-state index in [9.17, 15) is 14.7 Å². The maximum Gasteiger partial charge on any atom is 0.307 e. The van der Waals surface area contributed by atoms with Crippen LogP contribution in [0.2, 0.25) is 0 Å². The Morgan fingerprint density at radius 2 is 1.83 bits per heavy atom. The standard InChI is InChI=1S/C18H18INO4/c1-24-14-8-6-12(7-9-14)10-13(18(22)23)11-17(21)20-16-5-3-2-4-15(16)19/h2-9,13H,10-11H2,1H3,(H,20,21)(H,22,23). The summed E-state index contributed by atoms with van der Waals surface area (Å²) in [6.45, 7) is 0. The van der Waals surface area contributed by atoms with Crippen molar-refractivity contribution in [1.82, 2.24) is 0 Å². The van der Waals surface area contributed by atoms with Crippen LogP contribution in [0.3, 0.4) is 0 Å². The Bertz CT molecular complexity index is 715. The number of hydrogen-bond acceptors (Lipinski definition) is 3. The number of carbonyl (C=O) groups excluding carboxylic acids is 1. The zero-order valence-corrected chi connectivity index (χ0v) is 15.3. The third-order valence-electron chi connectivity index (χ3n) is 3.57. The van der Waals surface area contributed by atoms with Crippen molar-refractivity contribution in [3.05, 3.63) is 57.7 Å². The number of carboxylic acid groups (broad SMARTS) is 1. The first kappa shape index (κ1) is 18.3. The van der Waals surface area contributed by atoms with Crippen LogP contribution in [0.1, 0.15) is 12.0 Å². The number of methoxy groups -OCH3 is 1. The molecule has 6 heteroatoms. The Hall–Kier alpha value is -2.09. The van der Waals surface area contributed by atoms with Crippen molar-refractivity contribution in [2.75, 3.05) is 12.4 Å². The molecule has 0 fully saturated rings. The molecule has 2 N–H and O–H groups in total. The minimum Gasteiger partial charge on any atom is -0.497 e. The Morgan fingerprint density at radius 3 is 2.42 bits per heavy atom. The van der Waals surface area contributed by atoms with E-state index < -0.39 is 11.9 Å². The lowest BCUT2D eigenvalue weighted by Crippen LogP contribution is -2.24. The number of anilines is 1. The zero-order chi connectivity index (χ0) is 17.5. The van der Waals surface area contributed by atoms with Crippen molar-refractivity contribution in [1.29, 1.82) is 0 Å². The first-order valence-corrected chi connectivity index (χ1v) is 8.47. The molecule has 2 aromatic carbocycles. The Labute approximate surface area is 154 Å². The number of benzene rings is 2. The largest absolute Gasteiger partial charge is 0.497 e. The number of ether oxygens (including phenoxy) is 1. The van der Waals surface area contributed by atoms with E-state index >= 15 is 0 Å². The molecule has 5 nitrogen and oxygen atoms in total. The second-order valence-corrected chi connectivity index (χ2v) is 6.48. The lowest BCUT2D eigenvalue weighted by Gasteiger charge is -2.13. The van der Waals surface area contributed by atoms with Gasteiger partial charge in [0.05, 0.1) is 18.7 Å². The molecule has 0 saturated carbocycles. The minimum absolute atomic E-state index is 0.0770. The van der Waals surface area contributed by atoms with Crippen LogP contribution >= 0.6 is 22.6 Å². The van der Waals surface area contributed by atoms with Gasteiger partial charge in [-0.3, -0.25) is 9.59 Å². The molecule has 1 atom stereocenters. The summed E-state index contributed by atoms with van der Waals surface area (Å²) >= 11 is 2.12. The van der Waals surface area contributed by atoms with Gasteiger partial charge in [-0.05, 0) is 58.8 Å². The molecule has 0 aliphatic carbocycles. The summed E-state index contributed by atoms with van der Waals surface area (Å²) < 4.78 is 5.99. The minimum atomic E-state index is -0.983. The number of aliphatic carboxylic acids is 1. The number of carbonyl (C=O) groups is 2. The number of hydrogen-bond donors (Lipinski definition) is 2. The van der Waals surface area contributed by atoms with E-state index in [1.807, 2.05) is 30.3 Å². The number of carboxylic acids is 1. The van der Waals surface area contributed by atoms with Crippen LogP contribution < -0.4 is 10.1 Å². The van der Waals surface area contributed by atoms with E-state index in [1.54, 1.807) is 25.3 Å². The van der Waals surface area contributed by atoms with Crippen molar-refractivity contribution in [2.24, 2.45) is 5.92 Å². The molecule has 0 bridgehead atoms. The zero-order valence-electron chi connectivity index (χ0n) is 13.2. The molecule has 0 aliphatic rings. The fraction of sp³-hybridized carbons (Fsp3) is 0.222. The smallest absolute Gasteiger partial charge is 0.307 e. The van der Waals surface area contributed by atoms with Gasteiger partial charge in [0, 0.05) is 9.99 Å². The molecule has 0 heterocycles. The fourth-order valence-electron chi connectivity index (χ4n) is 2.28. The van der Waals surface area contributed by atoms with E-state index in [-0.39, 0.29) is 12.3 Å². The van der Waals surface area contributed by atoms with Gasteiger partial charge in [0.1, 0.15) is 5.75 Å². The average Bonchev–Trinajstić information content (AvgIpc) is 2.57. The maximum absolute atomic E-state index is 12.2.